The standard InChI is InChI=1S/C19H20N2O3/c1-3-14(2)20-19(22)18(16-7-5-4-6-8-16)13-15-9-11-17(12-10-15)21(23)24/h4-14H,3H2,1-2H3,(H,20,22)/b18-13+/t14-/m1/s1. The largest absolute Gasteiger partial charge is 0.350 e. The van der Waals surface area contributed by atoms with Gasteiger partial charge < -0.3 is 5.32 Å². The van der Waals surface area contributed by atoms with Crippen molar-refractivity contribution in [3.8, 4) is 0 Å². The lowest BCUT2D eigenvalue weighted by atomic mass is 10.0. The predicted molar refractivity (Wildman–Crippen MR) is 95.3 cm³/mol. The van der Waals surface area contributed by atoms with Gasteiger partial charge in [0.25, 0.3) is 11.6 Å². The van der Waals surface area contributed by atoms with Crippen molar-refractivity contribution >= 4 is 23.2 Å². The van der Waals surface area contributed by atoms with Crippen molar-refractivity contribution in [2.75, 3.05) is 0 Å². The third-order valence-electron chi connectivity index (χ3n) is 3.73. The molecule has 5 nitrogen and oxygen atoms in total. The van der Waals surface area contributed by atoms with Gasteiger partial charge in [0.05, 0.1) is 4.92 Å². The van der Waals surface area contributed by atoms with Crippen LogP contribution in [0.3, 0.4) is 0 Å². The number of nitro benzene ring substituents is 1. The van der Waals surface area contributed by atoms with Gasteiger partial charge in [-0.3, -0.25) is 14.9 Å². The van der Waals surface area contributed by atoms with Gasteiger partial charge in [0.1, 0.15) is 0 Å². The molecule has 1 N–H and O–H groups in total. The molecule has 0 spiro atoms. The maximum Gasteiger partial charge on any atom is 0.269 e. The quantitative estimate of drug-likeness (QED) is 0.377. The van der Waals surface area contributed by atoms with Gasteiger partial charge in [0, 0.05) is 23.7 Å². The molecule has 2 rings (SSSR count). The number of carbonyl (C=O) groups excluding carboxylic acids is 1. The topological polar surface area (TPSA) is 72.2 Å². The van der Waals surface area contributed by atoms with Crippen LogP contribution in [0.4, 0.5) is 5.69 Å². The van der Waals surface area contributed by atoms with E-state index in [-0.39, 0.29) is 17.6 Å². The Kier molecular flexibility index (Phi) is 5.84. The molecule has 2 aromatic rings. The Morgan fingerprint density at radius 3 is 2.33 bits per heavy atom. The molecule has 0 fully saturated rings. The lowest BCUT2D eigenvalue weighted by Gasteiger charge is -2.14. The van der Waals surface area contributed by atoms with E-state index < -0.39 is 4.92 Å². The number of hydrogen-bond acceptors (Lipinski definition) is 3. The molecule has 0 aliphatic rings. The molecule has 0 unspecified atom stereocenters. The molecule has 1 atom stereocenters. The normalized spacial score (nSPS) is 12.5. The number of nitrogens with one attached hydrogen (secondary N) is 1. The van der Waals surface area contributed by atoms with Crippen molar-refractivity contribution in [1.29, 1.82) is 0 Å². The Morgan fingerprint density at radius 1 is 1.17 bits per heavy atom. The van der Waals surface area contributed by atoms with Gasteiger partial charge in [-0.25, -0.2) is 0 Å². The molecule has 0 aliphatic carbocycles. The second kappa shape index (κ2) is 8.06. The fraction of sp³-hybridized carbons (Fsp3) is 0.211. The van der Waals surface area contributed by atoms with Crippen molar-refractivity contribution in [2.45, 2.75) is 26.3 Å². The van der Waals surface area contributed by atoms with Crippen molar-refractivity contribution in [3.63, 3.8) is 0 Å². The molecule has 0 aromatic heterocycles. The highest BCUT2D eigenvalue weighted by Crippen LogP contribution is 2.20. The van der Waals surface area contributed by atoms with E-state index in [2.05, 4.69) is 5.32 Å². The number of nitro groups is 1. The highest BCUT2D eigenvalue weighted by molar-refractivity contribution is 6.24. The van der Waals surface area contributed by atoms with Crippen LogP contribution in [0, 0.1) is 10.1 Å². The number of rotatable bonds is 6. The molecule has 1 amide bonds. The lowest BCUT2D eigenvalue weighted by Crippen LogP contribution is -2.32. The summed E-state index contributed by atoms with van der Waals surface area (Å²) in [5.41, 5.74) is 2.10. The molecule has 0 saturated heterocycles. The maximum atomic E-state index is 12.6. The maximum absolute atomic E-state index is 12.6. The third-order valence-corrected chi connectivity index (χ3v) is 3.73. The zero-order valence-corrected chi connectivity index (χ0v) is 13.7. The van der Waals surface area contributed by atoms with Crippen LogP contribution < -0.4 is 5.32 Å². The zero-order valence-electron chi connectivity index (χ0n) is 13.7. The van der Waals surface area contributed by atoms with Crippen LogP contribution in [0.5, 0.6) is 0 Å². The minimum atomic E-state index is -0.443. The first kappa shape index (κ1) is 17.4. The smallest absolute Gasteiger partial charge is 0.269 e. The molecule has 2 aromatic carbocycles. The molecule has 24 heavy (non-hydrogen) atoms. The van der Waals surface area contributed by atoms with Gasteiger partial charge in [-0.2, -0.15) is 0 Å². The summed E-state index contributed by atoms with van der Waals surface area (Å²) < 4.78 is 0. The van der Waals surface area contributed by atoms with E-state index in [0.717, 1.165) is 17.5 Å². The first-order chi connectivity index (χ1) is 11.5. The number of non-ortho nitro benzene ring substituents is 1. The first-order valence-electron chi connectivity index (χ1n) is 7.83. The number of benzene rings is 2. The summed E-state index contributed by atoms with van der Waals surface area (Å²) in [7, 11) is 0. The summed E-state index contributed by atoms with van der Waals surface area (Å²) in [6.07, 6.45) is 2.59. The summed E-state index contributed by atoms with van der Waals surface area (Å²) in [6.45, 7) is 3.96. The molecule has 0 bridgehead atoms. The minimum Gasteiger partial charge on any atom is -0.350 e. The van der Waals surface area contributed by atoms with E-state index in [1.54, 1.807) is 18.2 Å². The Morgan fingerprint density at radius 2 is 1.79 bits per heavy atom. The van der Waals surface area contributed by atoms with Gasteiger partial charge in [0.2, 0.25) is 0 Å². The molecular weight excluding hydrogens is 304 g/mol. The Labute approximate surface area is 141 Å². The van der Waals surface area contributed by atoms with Crippen molar-refractivity contribution in [3.05, 3.63) is 75.8 Å². The second-order valence-corrected chi connectivity index (χ2v) is 5.56. The summed E-state index contributed by atoms with van der Waals surface area (Å²) in [5, 5.41) is 13.7. The Hall–Kier alpha value is -2.95. The van der Waals surface area contributed by atoms with Crippen LogP contribution in [-0.4, -0.2) is 16.9 Å². The van der Waals surface area contributed by atoms with Crippen LogP contribution >= 0.6 is 0 Å². The van der Waals surface area contributed by atoms with E-state index >= 15 is 0 Å². The van der Waals surface area contributed by atoms with Crippen LogP contribution in [0.25, 0.3) is 11.6 Å². The highest BCUT2D eigenvalue weighted by atomic mass is 16.6. The molecule has 124 valence electrons. The summed E-state index contributed by atoms with van der Waals surface area (Å²) in [6, 6.07) is 15.6. The van der Waals surface area contributed by atoms with Crippen LogP contribution in [0.15, 0.2) is 54.6 Å². The summed E-state index contributed by atoms with van der Waals surface area (Å²) in [4.78, 5) is 22.9. The minimum absolute atomic E-state index is 0.0254. The number of amides is 1. The fourth-order valence-electron chi connectivity index (χ4n) is 2.16. The van der Waals surface area contributed by atoms with Gasteiger partial charge >= 0.3 is 0 Å². The Balaban J connectivity index is 2.38. The van der Waals surface area contributed by atoms with Crippen LogP contribution in [0.1, 0.15) is 31.4 Å². The average molecular weight is 324 g/mol. The van der Waals surface area contributed by atoms with E-state index in [1.165, 1.54) is 12.1 Å². The SMILES string of the molecule is CC[C@@H](C)NC(=O)/C(=C/c1ccc([N+](=O)[O-])cc1)c1ccccc1. The number of nitrogens with zero attached hydrogens (tertiary/aromatic N) is 1. The van der Waals surface area contributed by atoms with Crippen molar-refractivity contribution in [2.24, 2.45) is 0 Å². The van der Waals surface area contributed by atoms with Crippen molar-refractivity contribution in [1.82, 2.24) is 5.32 Å². The van der Waals surface area contributed by atoms with Gasteiger partial charge in [-0.15, -0.1) is 0 Å². The van der Waals surface area contributed by atoms with E-state index in [4.69, 9.17) is 0 Å². The number of hydrogen-bond donors (Lipinski definition) is 1. The highest BCUT2D eigenvalue weighted by Gasteiger charge is 2.14. The second-order valence-electron chi connectivity index (χ2n) is 5.56. The molecule has 0 aliphatic heterocycles. The predicted octanol–water partition coefficient (Wildman–Crippen LogP) is 4.05. The van der Waals surface area contributed by atoms with Gasteiger partial charge in [-0.1, -0.05) is 37.3 Å². The van der Waals surface area contributed by atoms with E-state index in [0.29, 0.717) is 5.57 Å². The van der Waals surface area contributed by atoms with Crippen LogP contribution in [-0.2, 0) is 4.79 Å². The Bertz CT molecular complexity index is 737. The summed E-state index contributed by atoms with van der Waals surface area (Å²) >= 11 is 0. The zero-order chi connectivity index (χ0) is 17.5. The first-order valence-corrected chi connectivity index (χ1v) is 7.83. The molecule has 5 heteroatoms. The molecule has 0 radical (unpaired) electrons. The van der Waals surface area contributed by atoms with Gasteiger partial charge in [0.15, 0.2) is 0 Å². The van der Waals surface area contributed by atoms with Gasteiger partial charge in [-0.05, 0) is 42.7 Å². The summed E-state index contributed by atoms with van der Waals surface area (Å²) in [5.74, 6) is -0.158. The molecular formula is C19H20N2O3. The monoisotopic (exact) mass is 324 g/mol. The van der Waals surface area contributed by atoms with Crippen molar-refractivity contribution < 1.29 is 9.72 Å². The van der Waals surface area contributed by atoms with Crippen LogP contribution in [0.2, 0.25) is 0 Å². The van der Waals surface area contributed by atoms with E-state index in [9.17, 15) is 14.9 Å². The molecule has 0 heterocycles. The lowest BCUT2D eigenvalue weighted by molar-refractivity contribution is -0.384. The average Bonchev–Trinajstić information content (AvgIpc) is 2.60. The fourth-order valence-corrected chi connectivity index (χ4v) is 2.16. The van der Waals surface area contributed by atoms with E-state index in [1.807, 2.05) is 44.2 Å². The molecule has 0 saturated carbocycles. The third kappa shape index (κ3) is 4.52. The number of carbonyl (C=O) groups is 1.